The van der Waals surface area contributed by atoms with Crippen molar-refractivity contribution < 1.29 is 4.52 Å². The van der Waals surface area contributed by atoms with Crippen molar-refractivity contribution in [1.29, 1.82) is 0 Å². The first-order chi connectivity index (χ1) is 12.5. The van der Waals surface area contributed by atoms with Gasteiger partial charge in [0.05, 0.1) is 5.02 Å². The van der Waals surface area contributed by atoms with Crippen molar-refractivity contribution >= 4 is 40.1 Å². The highest BCUT2D eigenvalue weighted by atomic mass is 35.5. The molecule has 0 radical (unpaired) electrons. The number of aromatic nitrogens is 3. The molecular formula is C19H20Cl2N4O. The van der Waals surface area contributed by atoms with Crippen LogP contribution in [0.25, 0.3) is 22.4 Å². The molecule has 1 aromatic carbocycles. The molecule has 0 amide bonds. The monoisotopic (exact) mass is 390 g/mol. The van der Waals surface area contributed by atoms with Crippen LogP contribution in [-0.4, -0.2) is 21.2 Å². The number of nitrogens with one attached hydrogen (secondary N) is 1. The summed E-state index contributed by atoms with van der Waals surface area (Å²) in [7, 11) is 0. The van der Waals surface area contributed by atoms with E-state index in [9.17, 15) is 0 Å². The summed E-state index contributed by atoms with van der Waals surface area (Å²) in [5.74, 6) is 2.25. The Balaban J connectivity index is 1.68. The lowest BCUT2D eigenvalue weighted by Gasteiger charge is -2.14. The Bertz CT molecular complexity index is 952. The van der Waals surface area contributed by atoms with E-state index in [2.05, 4.69) is 27.4 Å². The Morgan fingerprint density at radius 3 is 2.81 bits per heavy atom. The molecule has 0 aliphatic heterocycles. The number of aryl methyl sites for hydroxylation is 1. The molecule has 1 unspecified atom stereocenters. The van der Waals surface area contributed by atoms with Crippen LogP contribution in [0.5, 0.6) is 0 Å². The fourth-order valence-corrected chi connectivity index (χ4v) is 3.60. The van der Waals surface area contributed by atoms with Gasteiger partial charge in [-0.2, -0.15) is 0 Å². The first-order valence-electron chi connectivity index (χ1n) is 8.87. The van der Waals surface area contributed by atoms with Crippen LogP contribution in [0.4, 0.5) is 5.82 Å². The highest BCUT2D eigenvalue weighted by Gasteiger charge is 2.23. The molecule has 4 rings (SSSR count). The molecule has 0 saturated heterocycles. The number of fused-ring (bicyclic) bond motifs is 1. The summed E-state index contributed by atoms with van der Waals surface area (Å²) in [5.41, 5.74) is 2.54. The van der Waals surface area contributed by atoms with Crippen molar-refractivity contribution in [2.75, 3.05) is 5.32 Å². The van der Waals surface area contributed by atoms with Gasteiger partial charge in [-0.05, 0) is 50.8 Å². The molecule has 1 aliphatic carbocycles. The maximum absolute atomic E-state index is 6.34. The van der Waals surface area contributed by atoms with Gasteiger partial charge in [-0.1, -0.05) is 41.2 Å². The maximum Gasteiger partial charge on any atom is 0.228 e. The molecule has 2 heterocycles. The number of hydrogen-bond acceptors (Lipinski definition) is 5. The zero-order valence-electron chi connectivity index (χ0n) is 14.7. The minimum absolute atomic E-state index is 0.306. The highest BCUT2D eigenvalue weighted by molar-refractivity contribution is 6.36. The molecule has 0 spiro atoms. The van der Waals surface area contributed by atoms with Crippen LogP contribution in [-0.2, 0) is 0 Å². The van der Waals surface area contributed by atoms with Crippen molar-refractivity contribution in [3.05, 3.63) is 34.1 Å². The summed E-state index contributed by atoms with van der Waals surface area (Å²) in [6, 6.07) is 5.59. The van der Waals surface area contributed by atoms with Gasteiger partial charge in [0.25, 0.3) is 0 Å². The van der Waals surface area contributed by atoms with Crippen molar-refractivity contribution in [1.82, 2.24) is 15.1 Å². The number of benzene rings is 1. The number of hydrogen-bond donors (Lipinski definition) is 1. The van der Waals surface area contributed by atoms with E-state index in [4.69, 9.17) is 27.7 Å². The van der Waals surface area contributed by atoms with Gasteiger partial charge in [-0.25, -0.2) is 9.97 Å². The Hall–Kier alpha value is -1.85. The lowest BCUT2D eigenvalue weighted by molar-refractivity contribution is 0.458. The molecule has 1 atom stereocenters. The van der Waals surface area contributed by atoms with E-state index >= 15 is 0 Å². The predicted molar refractivity (Wildman–Crippen MR) is 105 cm³/mol. The normalized spacial score (nSPS) is 15.4. The van der Waals surface area contributed by atoms with E-state index in [-0.39, 0.29) is 0 Å². The second-order valence-corrected chi connectivity index (χ2v) is 7.86. The van der Waals surface area contributed by atoms with Gasteiger partial charge in [-0.15, -0.1) is 0 Å². The van der Waals surface area contributed by atoms with E-state index in [1.165, 1.54) is 19.3 Å². The van der Waals surface area contributed by atoms with Gasteiger partial charge < -0.3 is 9.84 Å². The van der Waals surface area contributed by atoms with Crippen LogP contribution in [0.1, 0.15) is 38.4 Å². The molecule has 136 valence electrons. The van der Waals surface area contributed by atoms with E-state index in [0.717, 1.165) is 17.9 Å². The zero-order chi connectivity index (χ0) is 18.3. The summed E-state index contributed by atoms with van der Waals surface area (Å²) >= 11 is 12.3. The fraction of sp³-hybridized carbons (Fsp3) is 0.421. The van der Waals surface area contributed by atoms with Crippen molar-refractivity contribution in [2.45, 2.75) is 45.6 Å². The Morgan fingerprint density at radius 2 is 2.08 bits per heavy atom. The Morgan fingerprint density at radius 1 is 1.27 bits per heavy atom. The summed E-state index contributed by atoms with van der Waals surface area (Å²) < 4.78 is 5.58. The molecule has 2 aromatic heterocycles. The zero-order valence-corrected chi connectivity index (χ0v) is 16.2. The average Bonchev–Trinajstić information content (AvgIpc) is 3.32. The lowest BCUT2D eigenvalue weighted by Crippen LogP contribution is -2.16. The van der Waals surface area contributed by atoms with Gasteiger partial charge in [0.15, 0.2) is 5.82 Å². The summed E-state index contributed by atoms with van der Waals surface area (Å²) in [6.45, 7) is 4.03. The minimum atomic E-state index is 0.306. The fourth-order valence-electron chi connectivity index (χ4n) is 3.10. The topological polar surface area (TPSA) is 63.8 Å². The molecule has 7 heteroatoms. The van der Waals surface area contributed by atoms with E-state index in [1.807, 2.05) is 13.0 Å². The highest BCUT2D eigenvalue weighted by Crippen LogP contribution is 2.36. The molecular weight excluding hydrogens is 371 g/mol. The van der Waals surface area contributed by atoms with Gasteiger partial charge in [0, 0.05) is 16.6 Å². The van der Waals surface area contributed by atoms with Crippen LogP contribution in [0.2, 0.25) is 10.0 Å². The molecule has 3 aromatic rings. The van der Waals surface area contributed by atoms with Crippen LogP contribution >= 0.6 is 23.2 Å². The van der Waals surface area contributed by atoms with Crippen molar-refractivity contribution in [3.8, 4) is 11.3 Å². The largest absolute Gasteiger partial charge is 0.364 e. The standard InChI is InChI=1S/C19H20Cl2N4O/c1-10(3-4-12-5-6-12)22-19-18-17(23-11(2)24-19)16(25-26-18)14-8-7-13(20)9-15(14)21/h7-10,12H,3-6H2,1-2H3,(H,22,23,24). The van der Waals surface area contributed by atoms with Crippen LogP contribution < -0.4 is 5.32 Å². The lowest BCUT2D eigenvalue weighted by atomic mass is 10.1. The first kappa shape index (κ1) is 17.6. The van der Waals surface area contributed by atoms with Crippen LogP contribution in [0, 0.1) is 12.8 Å². The third kappa shape index (κ3) is 3.64. The first-order valence-corrected chi connectivity index (χ1v) is 9.63. The molecule has 1 N–H and O–H groups in total. The maximum atomic E-state index is 6.34. The van der Waals surface area contributed by atoms with E-state index in [0.29, 0.717) is 44.5 Å². The molecule has 1 saturated carbocycles. The van der Waals surface area contributed by atoms with Gasteiger partial charge in [-0.3, -0.25) is 0 Å². The van der Waals surface area contributed by atoms with Gasteiger partial charge in [0.1, 0.15) is 17.0 Å². The third-order valence-corrected chi connectivity index (χ3v) is 5.25. The second-order valence-electron chi connectivity index (χ2n) is 7.02. The SMILES string of the molecule is Cc1nc(NC(C)CCC2CC2)c2onc(-c3ccc(Cl)cc3Cl)c2n1. The average molecular weight is 391 g/mol. The van der Waals surface area contributed by atoms with Crippen molar-refractivity contribution in [2.24, 2.45) is 5.92 Å². The van der Waals surface area contributed by atoms with Crippen LogP contribution in [0.3, 0.4) is 0 Å². The quantitative estimate of drug-likeness (QED) is 0.568. The van der Waals surface area contributed by atoms with E-state index < -0.39 is 0 Å². The molecule has 1 fully saturated rings. The molecule has 0 bridgehead atoms. The smallest absolute Gasteiger partial charge is 0.228 e. The van der Waals surface area contributed by atoms with E-state index in [1.54, 1.807) is 12.1 Å². The number of rotatable bonds is 6. The number of nitrogens with zero attached hydrogens (tertiary/aromatic N) is 3. The number of anilines is 1. The van der Waals surface area contributed by atoms with Gasteiger partial charge in [0.2, 0.25) is 5.58 Å². The minimum Gasteiger partial charge on any atom is -0.364 e. The molecule has 1 aliphatic rings. The predicted octanol–water partition coefficient (Wildman–Crippen LogP) is 5.89. The Kier molecular flexibility index (Phi) is 4.76. The van der Waals surface area contributed by atoms with Crippen molar-refractivity contribution in [3.63, 3.8) is 0 Å². The van der Waals surface area contributed by atoms with Crippen LogP contribution in [0.15, 0.2) is 22.7 Å². The summed E-state index contributed by atoms with van der Waals surface area (Å²) in [6.07, 6.45) is 5.11. The third-order valence-electron chi connectivity index (χ3n) is 4.70. The Labute approximate surface area is 162 Å². The summed E-state index contributed by atoms with van der Waals surface area (Å²) in [5, 5.41) is 8.75. The molecule has 5 nitrogen and oxygen atoms in total. The summed E-state index contributed by atoms with van der Waals surface area (Å²) in [4.78, 5) is 9.05. The molecule has 26 heavy (non-hydrogen) atoms. The number of halogens is 2. The van der Waals surface area contributed by atoms with Gasteiger partial charge >= 0.3 is 0 Å². The second kappa shape index (κ2) is 7.05.